The third-order valence-corrected chi connectivity index (χ3v) is 6.38. The fourth-order valence-electron chi connectivity index (χ4n) is 4.70. The molecule has 3 aliphatic rings. The van der Waals surface area contributed by atoms with Crippen molar-refractivity contribution < 1.29 is 29.1 Å². The molecule has 1 saturated carbocycles. The first kappa shape index (κ1) is 20.2. The molecule has 2 heterocycles. The molecular weight excluding hydrogens is 390 g/mol. The zero-order valence-electron chi connectivity index (χ0n) is 16.5. The van der Waals surface area contributed by atoms with Gasteiger partial charge in [0.1, 0.15) is 12.0 Å². The Morgan fingerprint density at radius 1 is 1.13 bits per heavy atom. The fourth-order valence-corrected chi connectivity index (χ4v) is 4.70. The Kier molecular flexibility index (Phi) is 5.15. The first-order chi connectivity index (χ1) is 14.3. The molecule has 2 aliphatic heterocycles. The molecule has 4 rings (SSSR count). The SMILES string of the molecule is C[C@@H](C(=O)NC1CCC2NCC(C(=O)O)C(=O)C2C1)N1C(=O)c2ccccc2C1=O. The molecule has 0 radical (unpaired) electrons. The van der Waals surface area contributed by atoms with Crippen molar-refractivity contribution in [3.05, 3.63) is 35.4 Å². The molecule has 158 valence electrons. The van der Waals surface area contributed by atoms with Gasteiger partial charge in [0, 0.05) is 24.5 Å². The summed E-state index contributed by atoms with van der Waals surface area (Å²) in [6.45, 7) is 1.62. The number of Topliss-reactive ketones (excluding diaryl/α,β-unsaturated/α-hetero) is 1. The second-order valence-electron chi connectivity index (χ2n) is 8.13. The van der Waals surface area contributed by atoms with E-state index in [9.17, 15) is 29.1 Å². The van der Waals surface area contributed by atoms with E-state index in [1.807, 2.05) is 0 Å². The van der Waals surface area contributed by atoms with Crippen LogP contribution in [0, 0.1) is 11.8 Å². The van der Waals surface area contributed by atoms with Gasteiger partial charge in [0.15, 0.2) is 5.78 Å². The van der Waals surface area contributed by atoms with Gasteiger partial charge in [-0.25, -0.2) is 0 Å². The van der Waals surface area contributed by atoms with Crippen molar-refractivity contribution in [1.82, 2.24) is 15.5 Å². The van der Waals surface area contributed by atoms with Gasteiger partial charge in [0.25, 0.3) is 11.8 Å². The van der Waals surface area contributed by atoms with Crippen LogP contribution in [-0.2, 0) is 14.4 Å². The minimum absolute atomic E-state index is 0.0880. The molecule has 0 bridgehead atoms. The summed E-state index contributed by atoms with van der Waals surface area (Å²) in [6.07, 6.45) is 1.59. The first-order valence-electron chi connectivity index (χ1n) is 10.1. The molecule has 4 unspecified atom stereocenters. The number of nitrogens with one attached hydrogen (secondary N) is 2. The van der Waals surface area contributed by atoms with Crippen LogP contribution in [0.15, 0.2) is 24.3 Å². The molecule has 9 heteroatoms. The third kappa shape index (κ3) is 3.28. The molecule has 1 saturated heterocycles. The Labute approximate surface area is 172 Å². The van der Waals surface area contributed by atoms with E-state index in [1.165, 1.54) is 6.92 Å². The predicted octanol–water partition coefficient (Wildman–Crippen LogP) is 0.198. The average molecular weight is 413 g/mol. The van der Waals surface area contributed by atoms with Gasteiger partial charge in [-0.3, -0.25) is 28.9 Å². The summed E-state index contributed by atoms with van der Waals surface area (Å²) in [7, 11) is 0. The van der Waals surface area contributed by atoms with Crippen molar-refractivity contribution in [2.45, 2.75) is 44.3 Å². The summed E-state index contributed by atoms with van der Waals surface area (Å²) in [4.78, 5) is 62.8. The molecule has 0 aromatic heterocycles. The van der Waals surface area contributed by atoms with E-state index in [0.29, 0.717) is 19.3 Å². The number of hydrogen-bond donors (Lipinski definition) is 3. The summed E-state index contributed by atoms with van der Waals surface area (Å²) >= 11 is 0. The van der Waals surface area contributed by atoms with Crippen molar-refractivity contribution >= 4 is 29.5 Å². The van der Waals surface area contributed by atoms with Gasteiger partial charge >= 0.3 is 5.97 Å². The van der Waals surface area contributed by atoms with Gasteiger partial charge < -0.3 is 15.7 Å². The highest BCUT2D eigenvalue weighted by atomic mass is 16.4. The lowest BCUT2D eigenvalue weighted by Gasteiger charge is -2.41. The van der Waals surface area contributed by atoms with Crippen LogP contribution in [0.5, 0.6) is 0 Å². The Morgan fingerprint density at radius 3 is 2.37 bits per heavy atom. The van der Waals surface area contributed by atoms with Crippen molar-refractivity contribution in [2.75, 3.05) is 6.54 Å². The lowest BCUT2D eigenvalue weighted by molar-refractivity contribution is -0.150. The topological polar surface area (TPSA) is 133 Å². The molecule has 1 aromatic rings. The van der Waals surface area contributed by atoms with Crippen molar-refractivity contribution in [2.24, 2.45) is 11.8 Å². The van der Waals surface area contributed by atoms with Gasteiger partial charge in [0.2, 0.25) is 5.91 Å². The second kappa shape index (κ2) is 7.64. The Bertz CT molecular complexity index is 909. The van der Waals surface area contributed by atoms with Gasteiger partial charge in [-0.15, -0.1) is 0 Å². The number of aliphatic carboxylic acids is 1. The normalized spacial score (nSPS) is 29.2. The van der Waals surface area contributed by atoms with E-state index in [-0.39, 0.29) is 35.5 Å². The maximum absolute atomic E-state index is 12.8. The Morgan fingerprint density at radius 2 is 1.77 bits per heavy atom. The van der Waals surface area contributed by atoms with Crippen molar-refractivity contribution in [1.29, 1.82) is 0 Å². The molecule has 2 fully saturated rings. The zero-order valence-corrected chi connectivity index (χ0v) is 16.5. The van der Waals surface area contributed by atoms with E-state index < -0.39 is 41.6 Å². The number of hydrogen-bond acceptors (Lipinski definition) is 6. The lowest BCUT2D eigenvalue weighted by atomic mass is 9.73. The smallest absolute Gasteiger partial charge is 0.315 e. The number of benzene rings is 1. The summed E-state index contributed by atoms with van der Waals surface area (Å²) in [6, 6.07) is 5.03. The van der Waals surface area contributed by atoms with Crippen LogP contribution in [-0.4, -0.2) is 64.2 Å². The second-order valence-corrected chi connectivity index (χ2v) is 8.13. The van der Waals surface area contributed by atoms with E-state index in [1.54, 1.807) is 24.3 Å². The maximum atomic E-state index is 12.8. The van der Waals surface area contributed by atoms with Crippen LogP contribution in [0.2, 0.25) is 0 Å². The molecule has 5 atom stereocenters. The van der Waals surface area contributed by atoms with Crippen molar-refractivity contribution in [3.8, 4) is 0 Å². The molecule has 3 N–H and O–H groups in total. The number of carboxylic acid groups (broad SMARTS) is 1. The van der Waals surface area contributed by atoms with Crippen LogP contribution in [0.4, 0.5) is 0 Å². The predicted molar refractivity (Wildman–Crippen MR) is 104 cm³/mol. The molecule has 1 aliphatic carbocycles. The van der Waals surface area contributed by atoms with Crippen LogP contribution >= 0.6 is 0 Å². The van der Waals surface area contributed by atoms with Crippen molar-refractivity contribution in [3.63, 3.8) is 0 Å². The number of carbonyl (C=O) groups is 5. The van der Waals surface area contributed by atoms with Gasteiger partial charge in [0.05, 0.1) is 11.1 Å². The molecule has 30 heavy (non-hydrogen) atoms. The Balaban J connectivity index is 1.42. The third-order valence-electron chi connectivity index (χ3n) is 6.38. The van der Waals surface area contributed by atoms with E-state index >= 15 is 0 Å². The number of carbonyl (C=O) groups excluding carboxylic acids is 4. The minimum atomic E-state index is -1.14. The fraction of sp³-hybridized carbons (Fsp3) is 0.476. The minimum Gasteiger partial charge on any atom is -0.481 e. The average Bonchev–Trinajstić information content (AvgIpc) is 2.98. The van der Waals surface area contributed by atoms with Crippen LogP contribution in [0.3, 0.4) is 0 Å². The van der Waals surface area contributed by atoms with Crippen LogP contribution in [0.1, 0.15) is 46.9 Å². The number of ketones is 1. The number of fused-ring (bicyclic) bond motifs is 2. The molecule has 3 amide bonds. The van der Waals surface area contributed by atoms with Crippen LogP contribution < -0.4 is 10.6 Å². The number of rotatable bonds is 4. The van der Waals surface area contributed by atoms with E-state index in [0.717, 1.165) is 4.90 Å². The lowest BCUT2D eigenvalue weighted by Crippen LogP contribution is -2.59. The number of nitrogens with zero attached hydrogens (tertiary/aromatic N) is 1. The quantitative estimate of drug-likeness (QED) is 0.474. The first-order valence-corrected chi connectivity index (χ1v) is 10.1. The summed E-state index contributed by atoms with van der Waals surface area (Å²) in [5.41, 5.74) is 0.558. The standard InChI is InChI=1S/C21H23N3O6/c1-10(24-19(27)12-4-2-3-5-13(12)20(24)28)18(26)23-11-6-7-16-14(8-11)17(25)15(9-22-16)21(29)30/h2-5,10-11,14-16,22H,6-9H2,1H3,(H,23,26)(H,29,30)/t10-,11?,14?,15?,16?/m0/s1. The largest absolute Gasteiger partial charge is 0.481 e. The molecule has 1 aromatic carbocycles. The number of piperidine rings is 1. The highest BCUT2D eigenvalue weighted by Gasteiger charge is 2.45. The summed E-state index contributed by atoms with van der Waals surface area (Å²) in [5.74, 6) is -4.48. The zero-order chi connectivity index (χ0) is 21.6. The number of amides is 3. The van der Waals surface area contributed by atoms with Gasteiger partial charge in [-0.2, -0.15) is 0 Å². The highest BCUT2D eigenvalue weighted by molar-refractivity contribution is 6.22. The summed E-state index contributed by atoms with van der Waals surface area (Å²) < 4.78 is 0. The molecular formula is C21H23N3O6. The molecule has 0 spiro atoms. The Hall–Kier alpha value is -3.07. The number of carboxylic acids is 1. The monoisotopic (exact) mass is 413 g/mol. The highest BCUT2D eigenvalue weighted by Crippen LogP contribution is 2.31. The van der Waals surface area contributed by atoms with Gasteiger partial charge in [-0.1, -0.05) is 12.1 Å². The number of imide groups is 1. The van der Waals surface area contributed by atoms with E-state index in [4.69, 9.17) is 0 Å². The van der Waals surface area contributed by atoms with Gasteiger partial charge in [-0.05, 0) is 38.3 Å². The summed E-state index contributed by atoms with van der Waals surface area (Å²) in [5, 5.41) is 15.2. The molecule has 9 nitrogen and oxygen atoms in total. The maximum Gasteiger partial charge on any atom is 0.315 e. The van der Waals surface area contributed by atoms with Crippen LogP contribution in [0.25, 0.3) is 0 Å². The van der Waals surface area contributed by atoms with E-state index in [2.05, 4.69) is 10.6 Å².